The first kappa shape index (κ1) is 21.8. The zero-order valence-electron chi connectivity index (χ0n) is 16.0. The van der Waals surface area contributed by atoms with Gasteiger partial charge in [-0.15, -0.1) is 0 Å². The third-order valence-electron chi connectivity index (χ3n) is 3.53. The van der Waals surface area contributed by atoms with Crippen molar-refractivity contribution in [2.45, 2.75) is 39.8 Å². The summed E-state index contributed by atoms with van der Waals surface area (Å²) < 4.78 is 15.5. The lowest BCUT2D eigenvalue weighted by Crippen LogP contribution is -2.45. The van der Waals surface area contributed by atoms with Crippen LogP contribution in [0.3, 0.4) is 0 Å². The molecule has 26 heavy (non-hydrogen) atoms. The van der Waals surface area contributed by atoms with Gasteiger partial charge >= 0.3 is 6.09 Å². The zero-order chi connectivity index (χ0) is 19.4. The normalized spacial score (nSPS) is 11.7. The summed E-state index contributed by atoms with van der Waals surface area (Å²) >= 11 is 0. The van der Waals surface area contributed by atoms with E-state index in [9.17, 15) is 9.59 Å². The van der Waals surface area contributed by atoms with Crippen molar-refractivity contribution in [3.05, 3.63) is 29.8 Å². The highest BCUT2D eigenvalue weighted by atomic mass is 16.5. The first-order valence-electron chi connectivity index (χ1n) is 8.85. The van der Waals surface area contributed by atoms with Gasteiger partial charge in [-0.05, 0) is 37.0 Å². The number of rotatable bonds is 11. The molecule has 146 valence electrons. The van der Waals surface area contributed by atoms with E-state index in [0.29, 0.717) is 25.7 Å². The summed E-state index contributed by atoms with van der Waals surface area (Å²) in [4.78, 5) is 23.5. The molecule has 0 saturated heterocycles. The second kappa shape index (κ2) is 12.1. The molecule has 1 atom stereocenters. The van der Waals surface area contributed by atoms with Gasteiger partial charge in [0.05, 0.1) is 20.3 Å². The Morgan fingerprint density at radius 2 is 2.00 bits per heavy atom. The molecular weight excluding hydrogens is 336 g/mol. The molecule has 0 radical (unpaired) electrons. The van der Waals surface area contributed by atoms with E-state index >= 15 is 0 Å². The number of hydrogen-bond acceptors (Lipinski definition) is 5. The minimum Gasteiger partial charge on any atom is -0.497 e. The van der Waals surface area contributed by atoms with Crippen LogP contribution in [-0.4, -0.2) is 44.9 Å². The van der Waals surface area contributed by atoms with Gasteiger partial charge < -0.3 is 24.8 Å². The van der Waals surface area contributed by atoms with Crippen LogP contribution >= 0.6 is 0 Å². The quantitative estimate of drug-likeness (QED) is 0.628. The fourth-order valence-corrected chi connectivity index (χ4v) is 2.41. The molecular formula is C19H30N2O5. The summed E-state index contributed by atoms with van der Waals surface area (Å²) in [5.41, 5.74) is 0.929. The summed E-state index contributed by atoms with van der Waals surface area (Å²) in [6.45, 7) is 6.77. The van der Waals surface area contributed by atoms with Crippen LogP contribution in [0.25, 0.3) is 0 Å². The van der Waals surface area contributed by atoms with Crippen molar-refractivity contribution in [2.75, 3.05) is 26.9 Å². The molecule has 0 heterocycles. The fraction of sp³-hybridized carbons (Fsp3) is 0.579. The molecule has 0 saturated carbocycles. The molecule has 0 bridgehead atoms. The maximum absolute atomic E-state index is 12.0. The Hall–Kier alpha value is -2.28. The average Bonchev–Trinajstić information content (AvgIpc) is 2.59. The lowest BCUT2D eigenvalue weighted by Gasteiger charge is -2.20. The highest BCUT2D eigenvalue weighted by Gasteiger charge is 2.15. The molecule has 0 aromatic heterocycles. The second-order valence-electron chi connectivity index (χ2n) is 6.34. The molecule has 2 N–H and O–H groups in total. The lowest BCUT2D eigenvalue weighted by molar-refractivity contribution is -0.126. The van der Waals surface area contributed by atoms with Crippen molar-refractivity contribution < 1.29 is 23.8 Å². The predicted octanol–water partition coefficient (Wildman–Crippen LogP) is 2.49. The molecule has 0 fully saturated rings. The molecule has 2 amide bonds. The maximum Gasteiger partial charge on any atom is 0.407 e. The summed E-state index contributed by atoms with van der Waals surface area (Å²) in [5, 5.41) is 5.55. The standard InChI is InChI=1S/C19H30N2O5/c1-5-26-19(23)21-16(9-14(2)3)11-20-18(22)13-25-12-15-7-6-8-17(10-15)24-4/h6-8,10,14,16H,5,9,11-13H2,1-4H3,(H,20,22)(H,21,23). The number of amides is 2. The third kappa shape index (κ3) is 9.27. The number of hydrogen-bond donors (Lipinski definition) is 2. The van der Waals surface area contributed by atoms with Gasteiger partial charge in [-0.25, -0.2) is 4.79 Å². The van der Waals surface area contributed by atoms with Crippen molar-refractivity contribution in [1.29, 1.82) is 0 Å². The third-order valence-corrected chi connectivity index (χ3v) is 3.53. The van der Waals surface area contributed by atoms with E-state index in [2.05, 4.69) is 24.5 Å². The van der Waals surface area contributed by atoms with E-state index in [1.807, 2.05) is 24.3 Å². The molecule has 1 unspecified atom stereocenters. The van der Waals surface area contributed by atoms with Gasteiger partial charge in [0.2, 0.25) is 5.91 Å². The first-order chi connectivity index (χ1) is 12.4. The topological polar surface area (TPSA) is 85.9 Å². The van der Waals surface area contributed by atoms with E-state index in [1.165, 1.54) is 0 Å². The largest absolute Gasteiger partial charge is 0.497 e. The number of benzene rings is 1. The summed E-state index contributed by atoms with van der Waals surface area (Å²) in [6.07, 6.45) is 0.269. The van der Waals surface area contributed by atoms with Crippen molar-refractivity contribution in [3.63, 3.8) is 0 Å². The van der Waals surface area contributed by atoms with Crippen molar-refractivity contribution in [2.24, 2.45) is 5.92 Å². The minimum absolute atomic E-state index is 0.0506. The van der Waals surface area contributed by atoms with E-state index in [4.69, 9.17) is 14.2 Å². The van der Waals surface area contributed by atoms with Gasteiger partial charge in [0, 0.05) is 12.6 Å². The molecule has 0 aliphatic carbocycles. The van der Waals surface area contributed by atoms with Crippen LogP contribution in [0.2, 0.25) is 0 Å². The van der Waals surface area contributed by atoms with E-state index in [1.54, 1.807) is 14.0 Å². The van der Waals surface area contributed by atoms with Crippen molar-refractivity contribution in [1.82, 2.24) is 10.6 Å². The van der Waals surface area contributed by atoms with E-state index in [-0.39, 0.29) is 18.6 Å². The van der Waals surface area contributed by atoms with Gasteiger partial charge in [0.1, 0.15) is 12.4 Å². The predicted molar refractivity (Wildman–Crippen MR) is 99.1 cm³/mol. The summed E-state index contributed by atoms with van der Waals surface area (Å²) in [7, 11) is 1.60. The van der Waals surface area contributed by atoms with Crippen LogP contribution in [-0.2, 0) is 20.9 Å². The first-order valence-corrected chi connectivity index (χ1v) is 8.85. The Bertz CT molecular complexity index is 563. The van der Waals surface area contributed by atoms with Gasteiger partial charge in [0.15, 0.2) is 0 Å². The van der Waals surface area contributed by atoms with E-state index in [0.717, 1.165) is 17.7 Å². The Labute approximate surface area is 155 Å². The number of carbonyl (C=O) groups is 2. The number of methoxy groups -OCH3 is 1. The number of carbonyl (C=O) groups excluding carboxylic acids is 2. The Morgan fingerprint density at radius 1 is 1.23 bits per heavy atom. The Morgan fingerprint density at radius 3 is 2.65 bits per heavy atom. The monoisotopic (exact) mass is 366 g/mol. The van der Waals surface area contributed by atoms with Crippen molar-refractivity contribution in [3.8, 4) is 5.75 Å². The smallest absolute Gasteiger partial charge is 0.407 e. The lowest BCUT2D eigenvalue weighted by atomic mass is 10.0. The van der Waals surface area contributed by atoms with Gasteiger partial charge in [-0.1, -0.05) is 26.0 Å². The van der Waals surface area contributed by atoms with Gasteiger partial charge in [-0.3, -0.25) is 4.79 Å². The molecule has 7 nitrogen and oxygen atoms in total. The van der Waals surface area contributed by atoms with Crippen LogP contribution in [0.4, 0.5) is 4.79 Å². The molecule has 0 spiro atoms. The zero-order valence-corrected chi connectivity index (χ0v) is 16.0. The van der Waals surface area contributed by atoms with Crippen LogP contribution in [0.15, 0.2) is 24.3 Å². The molecule has 1 aromatic rings. The van der Waals surface area contributed by atoms with E-state index < -0.39 is 6.09 Å². The van der Waals surface area contributed by atoms with Gasteiger partial charge in [0.25, 0.3) is 0 Å². The molecule has 1 aromatic carbocycles. The number of ether oxygens (including phenoxy) is 3. The highest BCUT2D eigenvalue weighted by Crippen LogP contribution is 2.13. The van der Waals surface area contributed by atoms with Crippen LogP contribution in [0.5, 0.6) is 5.75 Å². The molecule has 1 rings (SSSR count). The second-order valence-corrected chi connectivity index (χ2v) is 6.34. The molecule has 0 aliphatic rings. The van der Waals surface area contributed by atoms with Crippen LogP contribution < -0.4 is 15.4 Å². The molecule has 0 aliphatic heterocycles. The maximum atomic E-state index is 12.0. The fourth-order valence-electron chi connectivity index (χ4n) is 2.41. The van der Waals surface area contributed by atoms with Crippen LogP contribution in [0.1, 0.15) is 32.8 Å². The summed E-state index contributed by atoms with van der Waals surface area (Å²) in [6, 6.07) is 7.30. The molecule has 7 heteroatoms. The Kier molecular flexibility index (Phi) is 10.2. The SMILES string of the molecule is CCOC(=O)NC(CNC(=O)COCc1cccc(OC)c1)CC(C)C. The van der Waals surface area contributed by atoms with Crippen LogP contribution in [0, 0.1) is 5.92 Å². The highest BCUT2D eigenvalue weighted by molar-refractivity contribution is 5.77. The van der Waals surface area contributed by atoms with Gasteiger partial charge in [-0.2, -0.15) is 0 Å². The average molecular weight is 366 g/mol. The van der Waals surface area contributed by atoms with Crippen molar-refractivity contribution >= 4 is 12.0 Å². The minimum atomic E-state index is -0.471. The Balaban J connectivity index is 2.35. The number of alkyl carbamates (subject to hydrolysis) is 1. The number of nitrogens with one attached hydrogen (secondary N) is 2. The summed E-state index contributed by atoms with van der Waals surface area (Å²) in [5.74, 6) is 0.896.